The maximum absolute atomic E-state index is 12.0. The van der Waals surface area contributed by atoms with Crippen LogP contribution in [-0.2, 0) is 11.3 Å². The van der Waals surface area contributed by atoms with Crippen molar-refractivity contribution < 1.29 is 4.79 Å². The van der Waals surface area contributed by atoms with Gasteiger partial charge >= 0.3 is 0 Å². The van der Waals surface area contributed by atoms with E-state index in [4.69, 9.17) is 0 Å². The maximum atomic E-state index is 12.0. The minimum Gasteiger partial charge on any atom is -0.304 e. The summed E-state index contributed by atoms with van der Waals surface area (Å²) in [6, 6.07) is 8.09. The van der Waals surface area contributed by atoms with Crippen molar-refractivity contribution >= 4 is 29.7 Å². The molecular formula is C13H15NOP2. The van der Waals surface area contributed by atoms with Gasteiger partial charge in [-0.25, -0.2) is 0 Å². The Morgan fingerprint density at radius 2 is 1.82 bits per heavy atom. The summed E-state index contributed by atoms with van der Waals surface area (Å²) < 4.78 is 0. The number of hydrogen-bond donors (Lipinski definition) is 0. The van der Waals surface area contributed by atoms with Crippen molar-refractivity contribution in [1.29, 1.82) is 0 Å². The Kier molecular flexibility index (Phi) is 3.47. The standard InChI is InChI=1S/C13H15NOP2/c1-8-9(2)14(13(15)12(8)17)7-10-3-5-11(16)6-4-10/h3-6H,2,7,16-17H2,1H3. The number of amides is 1. The Labute approximate surface area is 106 Å². The third kappa shape index (κ3) is 2.34. The first-order chi connectivity index (χ1) is 8.00. The summed E-state index contributed by atoms with van der Waals surface area (Å²) in [6.07, 6.45) is 0. The molecule has 2 rings (SSSR count). The Balaban J connectivity index is 2.19. The first-order valence-corrected chi connectivity index (χ1v) is 6.48. The van der Waals surface area contributed by atoms with Crippen LogP contribution in [0.4, 0.5) is 0 Å². The molecule has 1 heterocycles. The quantitative estimate of drug-likeness (QED) is 0.749. The number of carbonyl (C=O) groups excluding carboxylic acids is 1. The van der Waals surface area contributed by atoms with E-state index in [0.29, 0.717) is 6.54 Å². The molecule has 4 heteroatoms. The zero-order valence-corrected chi connectivity index (χ0v) is 12.0. The third-order valence-electron chi connectivity index (χ3n) is 2.96. The largest absolute Gasteiger partial charge is 0.304 e. The van der Waals surface area contributed by atoms with Gasteiger partial charge in [-0.05, 0) is 23.4 Å². The van der Waals surface area contributed by atoms with E-state index in [1.165, 1.54) is 0 Å². The van der Waals surface area contributed by atoms with Gasteiger partial charge in [-0.15, -0.1) is 9.24 Å². The van der Waals surface area contributed by atoms with E-state index in [1.54, 1.807) is 4.90 Å². The number of allylic oxidation sites excluding steroid dienone is 1. The van der Waals surface area contributed by atoms with Crippen molar-refractivity contribution in [3.63, 3.8) is 0 Å². The third-order valence-corrected chi connectivity index (χ3v) is 4.02. The van der Waals surface area contributed by atoms with Crippen molar-refractivity contribution in [3.8, 4) is 0 Å². The van der Waals surface area contributed by atoms with Gasteiger partial charge < -0.3 is 4.90 Å². The smallest absolute Gasteiger partial charge is 0.258 e. The van der Waals surface area contributed by atoms with Gasteiger partial charge in [0.2, 0.25) is 0 Å². The summed E-state index contributed by atoms with van der Waals surface area (Å²) in [4.78, 5) is 13.7. The highest BCUT2D eigenvalue weighted by Crippen LogP contribution is 2.32. The molecule has 1 amide bonds. The Morgan fingerprint density at radius 1 is 1.24 bits per heavy atom. The molecule has 17 heavy (non-hydrogen) atoms. The molecule has 1 aromatic carbocycles. The fraction of sp³-hybridized carbons (Fsp3) is 0.154. The number of nitrogens with zero attached hydrogens (tertiary/aromatic N) is 1. The van der Waals surface area contributed by atoms with E-state index in [1.807, 2.05) is 31.2 Å². The molecule has 0 N–H and O–H groups in total. The van der Waals surface area contributed by atoms with E-state index < -0.39 is 0 Å². The van der Waals surface area contributed by atoms with Crippen LogP contribution in [0.5, 0.6) is 0 Å². The van der Waals surface area contributed by atoms with E-state index in [9.17, 15) is 4.79 Å². The van der Waals surface area contributed by atoms with Crippen molar-refractivity contribution in [3.05, 3.63) is 53.0 Å². The highest BCUT2D eigenvalue weighted by molar-refractivity contribution is 7.27. The second kappa shape index (κ2) is 4.72. The number of rotatable bonds is 2. The van der Waals surface area contributed by atoms with Crippen molar-refractivity contribution in [2.75, 3.05) is 0 Å². The SMILES string of the molecule is C=C1C(C)=C(P)C(=O)N1Cc1ccc(P)cc1. The normalized spacial score (nSPS) is 16.1. The molecule has 0 aromatic heterocycles. The second-order valence-corrected chi connectivity index (χ2v) is 5.36. The van der Waals surface area contributed by atoms with Crippen LogP contribution in [0.25, 0.3) is 0 Å². The average Bonchev–Trinajstić information content (AvgIpc) is 2.50. The summed E-state index contributed by atoms with van der Waals surface area (Å²) in [5, 5.41) is 1.86. The van der Waals surface area contributed by atoms with Gasteiger partial charge in [-0.3, -0.25) is 4.79 Å². The summed E-state index contributed by atoms with van der Waals surface area (Å²) >= 11 is 0. The zero-order valence-electron chi connectivity index (χ0n) is 9.73. The van der Waals surface area contributed by atoms with E-state index in [2.05, 4.69) is 25.1 Å². The highest BCUT2D eigenvalue weighted by Gasteiger charge is 2.28. The lowest BCUT2D eigenvalue weighted by atomic mass is 10.2. The summed E-state index contributed by atoms with van der Waals surface area (Å²) in [7, 11) is 5.14. The van der Waals surface area contributed by atoms with Crippen LogP contribution in [0.2, 0.25) is 0 Å². The van der Waals surface area contributed by atoms with Crippen LogP contribution in [-0.4, -0.2) is 10.8 Å². The lowest BCUT2D eigenvalue weighted by Crippen LogP contribution is -2.24. The van der Waals surface area contributed by atoms with Gasteiger partial charge in [0.1, 0.15) is 0 Å². The molecule has 0 fully saturated rings. The number of hydrogen-bond acceptors (Lipinski definition) is 1. The summed E-state index contributed by atoms with van der Waals surface area (Å²) in [6.45, 7) is 6.47. The minimum atomic E-state index is 0.0347. The van der Waals surface area contributed by atoms with Gasteiger partial charge in [0, 0.05) is 11.0 Å². The number of benzene rings is 1. The molecule has 0 radical (unpaired) electrons. The van der Waals surface area contributed by atoms with Crippen LogP contribution in [0.3, 0.4) is 0 Å². The minimum absolute atomic E-state index is 0.0347. The fourth-order valence-corrected chi connectivity index (χ4v) is 2.27. The van der Waals surface area contributed by atoms with Crippen molar-refractivity contribution in [2.24, 2.45) is 0 Å². The molecule has 0 saturated heterocycles. The highest BCUT2D eigenvalue weighted by atomic mass is 31.0. The molecule has 2 unspecified atom stereocenters. The molecule has 0 saturated carbocycles. The van der Waals surface area contributed by atoms with Gasteiger partial charge in [0.15, 0.2) is 0 Å². The van der Waals surface area contributed by atoms with Crippen LogP contribution >= 0.6 is 18.5 Å². The summed E-state index contributed by atoms with van der Waals surface area (Å²) in [5.74, 6) is 0.0347. The Morgan fingerprint density at radius 3 is 2.29 bits per heavy atom. The maximum Gasteiger partial charge on any atom is 0.258 e. The average molecular weight is 263 g/mol. The van der Waals surface area contributed by atoms with Gasteiger partial charge in [-0.1, -0.05) is 40.1 Å². The van der Waals surface area contributed by atoms with Crippen LogP contribution in [0.15, 0.2) is 47.4 Å². The zero-order chi connectivity index (χ0) is 12.6. The Hall–Kier alpha value is -0.970. The van der Waals surface area contributed by atoms with Gasteiger partial charge in [0.25, 0.3) is 5.91 Å². The summed E-state index contributed by atoms with van der Waals surface area (Å²) in [5.41, 5.74) is 2.87. The predicted molar refractivity (Wildman–Crippen MR) is 77.9 cm³/mol. The first-order valence-electron chi connectivity index (χ1n) is 5.32. The first kappa shape index (κ1) is 12.5. The second-order valence-electron chi connectivity index (χ2n) is 4.12. The van der Waals surface area contributed by atoms with Crippen LogP contribution in [0, 0.1) is 0 Å². The topological polar surface area (TPSA) is 20.3 Å². The molecule has 1 aromatic rings. The van der Waals surface area contributed by atoms with Crippen molar-refractivity contribution in [2.45, 2.75) is 13.5 Å². The number of carbonyl (C=O) groups is 1. The molecular weight excluding hydrogens is 248 g/mol. The van der Waals surface area contributed by atoms with E-state index in [0.717, 1.165) is 27.5 Å². The van der Waals surface area contributed by atoms with E-state index >= 15 is 0 Å². The fourth-order valence-electron chi connectivity index (χ4n) is 1.76. The monoisotopic (exact) mass is 263 g/mol. The van der Waals surface area contributed by atoms with Crippen LogP contribution < -0.4 is 5.30 Å². The molecule has 0 spiro atoms. The Bertz CT molecular complexity index is 493. The van der Waals surface area contributed by atoms with Gasteiger partial charge in [0.05, 0.1) is 6.54 Å². The predicted octanol–water partition coefficient (Wildman–Crippen LogP) is 2.19. The van der Waals surface area contributed by atoms with E-state index in [-0.39, 0.29) is 5.91 Å². The van der Waals surface area contributed by atoms with Gasteiger partial charge in [-0.2, -0.15) is 0 Å². The molecule has 88 valence electrons. The molecule has 2 nitrogen and oxygen atoms in total. The lowest BCUT2D eigenvalue weighted by molar-refractivity contribution is -0.124. The van der Waals surface area contributed by atoms with Crippen molar-refractivity contribution in [1.82, 2.24) is 4.90 Å². The molecule has 1 aliphatic rings. The lowest BCUT2D eigenvalue weighted by Gasteiger charge is -2.18. The molecule has 0 aliphatic carbocycles. The molecule has 2 atom stereocenters. The molecule has 0 bridgehead atoms. The molecule has 1 aliphatic heterocycles. The van der Waals surface area contributed by atoms with Crippen LogP contribution in [0.1, 0.15) is 12.5 Å².